The molecule has 1 saturated heterocycles. The number of benzene rings is 1. The second-order valence-corrected chi connectivity index (χ2v) is 6.90. The standard InChI is InChI=1S/C15H18BF3O2/c1-14(2)15(3,4)21-16(20-14)10-7-9(10)8-5-6-11(17)13(19)12(8)18/h5-6,9-10H,7H2,1-4H3/t9-,10?/m0/s1. The van der Waals surface area contributed by atoms with Crippen molar-refractivity contribution in [1.29, 1.82) is 0 Å². The molecule has 1 unspecified atom stereocenters. The number of rotatable bonds is 2. The normalized spacial score (nSPS) is 29.8. The lowest BCUT2D eigenvalue weighted by atomic mass is 9.79. The maximum atomic E-state index is 13.8. The summed E-state index contributed by atoms with van der Waals surface area (Å²) in [5.74, 6) is -3.88. The molecule has 0 amide bonds. The van der Waals surface area contributed by atoms with E-state index in [2.05, 4.69) is 0 Å². The highest BCUT2D eigenvalue weighted by molar-refractivity contribution is 6.49. The Kier molecular flexibility index (Phi) is 3.19. The molecular weight excluding hydrogens is 280 g/mol. The highest BCUT2D eigenvalue weighted by Crippen LogP contribution is 2.58. The molecule has 2 fully saturated rings. The van der Waals surface area contributed by atoms with Gasteiger partial charge in [-0.2, -0.15) is 0 Å². The summed E-state index contributed by atoms with van der Waals surface area (Å²) in [5.41, 5.74) is -0.692. The van der Waals surface area contributed by atoms with Crippen LogP contribution in [0.4, 0.5) is 13.2 Å². The largest absolute Gasteiger partial charge is 0.461 e. The molecule has 2 atom stereocenters. The van der Waals surface area contributed by atoms with E-state index in [1.165, 1.54) is 6.07 Å². The molecule has 1 heterocycles. The molecule has 0 radical (unpaired) electrons. The van der Waals surface area contributed by atoms with Gasteiger partial charge in [-0.25, -0.2) is 13.2 Å². The number of halogens is 3. The summed E-state index contributed by atoms with van der Waals surface area (Å²) < 4.78 is 52.0. The lowest BCUT2D eigenvalue weighted by molar-refractivity contribution is 0.00578. The Morgan fingerprint density at radius 3 is 2.14 bits per heavy atom. The van der Waals surface area contributed by atoms with E-state index in [0.29, 0.717) is 6.42 Å². The predicted molar refractivity (Wildman–Crippen MR) is 73.5 cm³/mol. The summed E-state index contributed by atoms with van der Waals surface area (Å²) in [4.78, 5) is 0. The summed E-state index contributed by atoms with van der Waals surface area (Å²) in [6.45, 7) is 7.79. The molecule has 1 saturated carbocycles. The van der Waals surface area contributed by atoms with E-state index in [9.17, 15) is 13.2 Å². The maximum Gasteiger partial charge on any atom is 0.461 e. The van der Waals surface area contributed by atoms with Crippen molar-refractivity contribution in [3.63, 3.8) is 0 Å². The van der Waals surface area contributed by atoms with Crippen LogP contribution >= 0.6 is 0 Å². The number of hydrogen-bond donors (Lipinski definition) is 0. The van der Waals surface area contributed by atoms with Gasteiger partial charge in [-0.05, 0) is 51.7 Å². The molecule has 0 N–H and O–H groups in total. The van der Waals surface area contributed by atoms with Crippen molar-refractivity contribution in [1.82, 2.24) is 0 Å². The summed E-state index contributed by atoms with van der Waals surface area (Å²) in [6.07, 6.45) is 0.652. The van der Waals surface area contributed by atoms with Crippen LogP contribution in [0.2, 0.25) is 5.82 Å². The third kappa shape index (κ3) is 2.29. The van der Waals surface area contributed by atoms with Gasteiger partial charge < -0.3 is 9.31 Å². The van der Waals surface area contributed by atoms with Gasteiger partial charge in [0.05, 0.1) is 11.2 Å². The Hall–Kier alpha value is -1.01. The van der Waals surface area contributed by atoms with Crippen LogP contribution in [-0.4, -0.2) is 18.3 Å². The number of hydrogen-bond acceptors (Lipinski definition) is 2. The SMILES string of the molecule is CC1(C)OB(C2C[C@H]2c2ccc(F)c(F)c2F)OC1(C)C. The zero-order valence-corrected chi connectivity index (χ0v) is 12.5. The first kappa shape index (κ1) is 14.9. The minimum absolute atomic E-state index is 0.0228. The lowest BCUT2D eigenvalue weighted by Gasteiger charge is -2.32. The van der Waals surface area contributed by atoms with Crippen molar-refractivity contribution in [2.45, 2.75) is 57.1 Å². The van der Waals surface area contributed by atoms with Gasteiger partial charge in [0.1, 0.15) is 0 Å². The van der Waals surface area contributed by atoms with Crippen molar-refractivity contribution in [3.05, 3.63) is 35.1 Å². The van der Waals surface area contributed by atoms with Gasteiger partial charge in [0, 0.05) is 5.82 Å². The van der Waals surface area contributed by atoms with Gasteiger partial charge in [0.25, 0.3) is 0 Å². The van der Waals surface area contributed by atoms with E-state index in [-0.39, 0.29) is 17.3 Å². The molecule has 21 heavy (non-hydrogen) atoms. The molecule has 0 bridgehead atoms. The highest BCUT2D eigenvalue weighted by Gasteiger charge is 2.60. The van der Waals surface area contributed by atoms with Crippen molar-refractivity contribution < 1.29 is 22.5 Å². The Balaban J connectivity index is 1.78. The third-order valence-corrected chi connectivity index (χ3v) is 4.93. The highest BCUT2D eigenvalue weighted by atomic mass is 19.2. The molecule has 1 aliphatic carbocycles. The van der Waals surface area contributed by atoms with Crippen LogP contribution in [-0.2, 0) is 9.31 Å². The van der Waals surface area contributed by atoms with E-state index < -0.39 is 35.8 Å². The van der Waals surface area contributed by atoms with Gasteiger partial charge >= 0.3 is 7.12 Å². The molecule has 2 nitrogen and oxygen atoms in total. The van der Waals surface area contributed by atoms with E-state index in [4.69, 9.17) is 9.31 Å². The fourth-order valence-electron chi connectivity index (χ4n) is 2.76. The molecule has 1 aromatic rings. The Bertz CT molecular complexity index is 573. The van der Waals surface area contributed by atoms with E-state index in [1.54, 1.807) is 0 Å². The fourth-order valence-corrected chi connectivity index (χ4v) is 2.76. The molecule has 6 heteroatoms. The zero-order valence-electron chi connectivity index (χ0n) is 12.5. The molecule has 1 aliphatic heterocycles. The average Bonchev–Trinajstić information content (AvgIpc) is 3.10. The smallest absolute Gasteiger partial charge is 0.403 e. The maximum absolute atomic E-state index is 13.8. The van der Waals surface area contributed by atoms with E-state index in [0.717, 1.165) is 6.07 Å². The van der Waals surface area contributed by atoms with Crippen LogP contribution in [0.3, 0.4) is 0 Å². The summed E-state index contributed by atoms with van der Waals surface area (Å²) in [7, 11) is -0.437. The van der Waals surface area contributed by atoms with Gasteiger partial charge in [-0.15, -0.1) is 0 Å². The monoisotopic (exact) mass is 298 g/mol. The first-order valence-electron chi connectivity index (χ1n) is 7.13. The third-order valence-electron chi connectivity index (χ3n) is 4.93. The fraction of sp³-hybridized carbons (Fsp3) is 0.600. The minimum atomic E-state index is -1.41. The molecule has 0 spiro atoms. The molecule has 0 aromatic heterocycles. The predicted octanol–water partition coefficient (Wildman–Crippen LogP) is 4.05. The van der Waals surface area contributed by atoms with E-state index >= 15 is 0 Å². The van der Waals surface area contributed by atoms with Gasteiger partial charge in [-0.3, -0.25) is 0 Å². The van der Waals surface area contributed by atoms with Crippen LogP contribution < -0.4 is 0 Å². The van der Waals surface area contributed by atoms with Crippen LogP contribution in [0.5, 0.6) is 0 Å². The van der Waals surface area contributed by atoms with Crippen LogP contribution in [0, 0.1) is 17.5 Å². The lowest BCUT2D eigenvalue weighted by Crippen LogP contribution is -2.41. The van der Waals surface area contributed by atoms with Crippen LogP contribution in [0.25, 0.3) is 0 Å². The second-order valence-electron chi connectivity index (χ2n) is 6.90. The van der Waals surface area contributed by atoms with Crippen molar-refractivity contribution in [3.8, 4) is 0 Å². The Morgan fingerprint density at radius 2 is 1.57 bits per heavy atom. The van der Waals surface area contributed by atoms with Gasteiger partial charge in [0.15, 0.2) is 17.5 Å². The molecular formula is C15H18BF3O2. The topological polar surface area (TPSA) is 18.5 Å². The van der Waals surface area contributed by atoms with Crippen molar-refractivity contribution >= 4 is 7.12 Å². The minimum Gasteiger partial charge on any atom is -0.403 e. The first-order chi connectivity index (χ1) is 9.64. The second kappa shape index (κ2) is 4.49. The summed E-state index contributed by atoms with van der Waals surface area (Å²) in [6, 6.07) is 2.27. The Labute approximate surface area is 122 Å². The zero-order chi connectivity index (χ0) is 15.6. The first-order valence-corrected chi connectivity index (χ1v) is 7.13. The summed E-state index contributed by atoms with van der Waals surface area (Å²) >= 11 is 0. The van der Waals surface area contributed by atoms with Crippen LogP contribution in [0.1, 0.15) is 45.6 Å². The Morgan fingerprint density at radius 1 is 1.00 bits per heavy atom. The molecule has 2 aliphatic rings. The summed E-state index contributed by atoms with van der Waals surface area (Å²) in [5, 5.41) is 0. The average molecular weight is 298 g/mol. The van der Waals surface area contributed by atoms with Gasteiger partial charge in [-0.1, -0.05) is 6.07 Å². The molecule has 114 valence electrons. The van der Waals surface area contributed by atoms with E-state index in [1.807, 2.05) is 27.7 Å². The molecule has 3 rings (SSSR count). The van der Waals surface area contributed by atoms with Gasteiger partial charge in [0.2, 0.25) is 0 Å². The van der Waals surface area contributed by atoms with Crippen molar-refractivity contribution in [2.24, 2.45) is 0 Å². The quantitative estimate of drug-likeness (QED) is 0.605. The van der Waals surface area contributed by atoms with Crippen LogP contribution in [0.15, 0.2) is 12.1 Å². The van der Waals surface area contributed by atoms with Crippen molar-refractivity contribution in [2.75, 3.05) is 0 Å². The molecule has 1 aromatic carbocycles.